The molecule has 4 aromatic rings. The van der Waals surface area contributed by atoms with Crippen molar-refractivity contribution in [3.8, 4) is 22.3 Å². The molecule has 0 saturated heterocycles. The van der Waals surface area contributed by atoms with E-state index in [9.17, 15) is 26.0 Å². The molecule has 3 nitrogen and oxygen atoms in total. The van der Waals surface area contributed by atoms with E-state index in [1.807, 2.05) is 30.3 Å². The molecule has 1 heterocycles. The standard InChI is InChI=1S/C26H21F4NO2S/c1-34(32,33)22-13-9-19(10-14-22)23-17-31(16-15-18-5-3-2-4-6-18)25(26(28,29)30)24(23)20-7-11-21(27)12-8-20/h2-14,17H,15-16H2,1H3. The molecule has 3 aromatic carbocycles. The van der Waals surface area contributed by atoms with E-state index in [2.05, 4.69) is 0 Å². The summed E-state index contributed by atoms with van der Waals surface area (Å²) in [6.45, 7) is 0.0779. The lowest BCUT2D eigenvalue weighted by Crippen LogP contribution is -2.15. The maximum absolute atomic E-state index is 14.4. The van der Waals surface area contributed by atoms with E-state index in [1.54, 1.807) is 0 Å². The summed E-state index contributed by atoms with van der Waals surface area (Å²) >= 11 is 0. The second-order valence-corrected chi connectivity index (χ2v) is 10.0. The molecular formula is C26H21F4NO2S. The van der Waals surface area contributed by atoms with E-state index < -0.39 is 27.5 Å². The molecule has 0 atom stereocenters. The Morgan fingerprint density at radius 3 is 1.97 bits per heavy atom. The molecule has 0 radical (unpaired) electrons. The minimum Gasteiger partial charge on any atom is -0.342 e. The van der Waals surface area contributed by atoms with E-state index in [1.165, 1.54) is 47.2 Å². The van der Waals surface area contributed by atoms with Crippen LogP contribution >= 0.6 is 0 Å². The highest BCUT2D eigenvalue weighted by atomic mass is 32.2. The van der Waals surface area contributed by atoms with Crippen LogP contribution in [-0.4, -0.2) is 19.2 Å². The number of hydrogen-bond acceptors (Lipinski definition) is 2. The van der Waals surface area contributed by atoms with Crippen LogP contribution in [0.4, 0.5) is 17.6 Å². The van der Waals surface area contributed by atoms with E-state index >= 15 is 0 Å². The molecule has 0 bridgehead atoms. The largest absolute Gasteiger partial charge is 0.432 e. The number of benzene rings is 3. The van der Waals surface area contributed by atoms with Crippen molar-refractivity contribution in [1.29, 1.82) is 0 Å². The van der Waals surface area contributed by atoms with Crippen molar-refractivity contribution >= 4 is 9.84 Å². The molecule has 0 aliphatic rings. The fraction of sp³-hybridized carbons (Fsp3) is 0.154. The van der Waals surface area contributed by atoms with Crippen LogP contribution in [0.25, 0.3) is 22.3 Å². The van der Waals surface area contributed by atoms with Crippen LogP contribution < -0.4 is 0 Å². The topological polar surface area (TPSA) is 39.1 Å². The summed E-state index contributed by atoms with van der Waals surface area (Å²) in [4.78, 5) is 0.0686. The fourth-order valence-corrected chi connectivity index (χ4v) is 4.57. The SMILES string of the molecule is CS(=O)(=O)c1ccc(-c2cn(CCc3ccccc3)c(C(F)(F)F)c2-c2ccc(F)cc2)cc1. The maximum atomic E-state index is 14.4. The summed E-state index contributed by atoms with van der Waals surface area (Å²) in [6.07, 6.45) is -1.80. The van der Waals surface area contributed by atoms with Gasteiger partial charge in [0, 0.05) is 30.1 Å². The average molecular weight is 488 g/mol. The first-order valence-corrected chi connectivity index (χ1v) is 12.3. The van der Waals surface area contributed by atoms with E-state index in [-0.39, 0.29) is 28.1 Å². The van der Waals surface area contributed by atoms with Crippen molar-refractivity contribution in [3.05, 3.63) is 102 Å². The van der Waals surface area contributed by atoms with E-state index in [0.717, 1.165) is 24.0 Å². The number of halogens is 4. The Balaban J connectivity index is 1.90. The lowest BCUT2D eigenvalue weighted by atomic mass is 9.96. The minimum atomic E-state index is -4.68. The van der Waals surface area contributed by atoms with Crippen molar-refractivity contribution < 1.29 is 26.0 Å². The first kappa shape index (κ1) is 23.8. The van der Waals surface area contributed by atoms with Gasteiger partial charge in [0.05, 0.1) is 4.90 Å². The van der Waals surface area contributed by atoms with Crippen molar-refractivity contribution in [1.82, 2.24) is 4.57 Å². The Kier molecular flexibility index (Phi) is 6.36. The van der Waals surface area contributed by atoms with Crippen LogP contribution in [-0.2, 0) is 29.0 Å². The number of nitrogens with zero attached hydrogens (tertiary/aromatic N) is 1. The summed E-state index contributed by atoms with van der Waals surface area (Å²) < 4.78 is 81.5. The first-order valence-electron chi connectivity index (χ1n) is 10.4. The Morgan fingerprint density at radius 1 is 0.824 bits per heavy atom. The first-order chi connectivity index (χ1) is 16.0. The summed E-state index contributed by atoms with van der Waals surface area (Å²) in [7, 11) is -3.46. The Labute approximate surface area is 195 Å². The van der Waals surface area contributed by atoms with E-state index in [0.29, 0.717) is 12.0 Å². The van der Waals surface area contributed by atoms with Crippen molar-refractivity contribution in [3.63, 3.8) is 0 Å². The normalized spacial score (nSPS) is 12.1. The summed E-state index contributed by atoms with van der Waals surface area (Å²) in [5, 5.41) is 0. The molecule has 4 rings (SSSR count). The van der Waals surface area contributed by atoms with Gasteiger partial charge in [-0.25, -0.2) is 12.8 Å². The zero-order valence-electron chi connectivity index (χ0n) is 18.2. The van der Waals surface area contributed by atoms with Crippen molar-refractivity contribution in [2.75, 3.05) is 6.26 Å². The van der Waals surface area contributed by atoms with Crippen LogP contribution in [0.1, 0.15) is 11.3 Å². The molecule has 34 heavy (non-hydrogen) atoms. The van der Waals surface area contributed by atoms with Crippen molar-refractivity contribution in [2.45, 2.75) is 24.0 Å². The molecule has 0 spiro atoms. The highest BCUT2D eigenvalue weighted by Crippen LogP contribution is 2.44. The molecule has 0 fully saturated rings. The molecular weight excluding hydrogens is 466 g/mol. The molecule has 1 aromatic heterocycles. The molecule has 0 N–H and O–H groups in total. The van der Waals surface area contributed by atoms with Crippen molar-refractivity contribution in [2.24, 2.45) is 0 Å². The van der Waals surface area contributed by atoms with Gasteiger partial charge in [-0.3, -0.25) is 0 Å². The third kappa shape index (κ3) is 5.07. The van der Waals surface area contributed by atoms with Crippen LogP contribution in [0.3, 0.4) is 0 Å². The van der Waals surface area contributed by atoms with Gasteiger partial charge in [-0.15, -0.1) is 0 Å². The molecule has 8 heteroatoms. The predicted molar refractivity (Wildman–Crippen MR) is 124 cm³/mol. The third-order valence-electron chi connectivity index (χ3n) is 5.56. The van der Waals surface area contributed by atoms with Gasteiger partial charge in [0.2, 0.25) is 0 Å². The molecule has 0 unspecified atom stereocenters. The highest BCUT2D eigenvalue weighted by molar-refractivity contribution is 7.90. The lowest BCUT2D eigenvalue weighted by Gasteiger charge is -2.15. The number of aryl methyl sites for hydroxylation is 2. The summed E-state index contributed by atoms with van der Waals surface area (Å²) in [6, 6.07) is 19.8. The number of sulfone groups is 1. The van der Waals surface area contributed by atoms with Gasteiger partial charge in [0.1, 0.15) is 11.5 Å². The summed E-state index contributed by atoms with van der Waals surface area (Å²) in [5.74, 6) is -0.556. The van der Waals surface area contributed by atoms with Crippen LogP contribution in [0.2, 0.25) is 0 Å². The van der Waals surface area contributed by atoms with Gasteiger partial charge in [0.15, 0.2) is 9.84 Å². The van der Waals surface area contributed by atoms with Crippen LogP contribution in [0.5, 0.6) is 0 Å². The molecule has 176 valence electrons. The molecule has 0 amide bonds. The molecule has 0 aliphatic carbocycles. The Morgan fingerprint density at radius 2 is 1.41 bits per heavy atom. The quantitative estimate of drug-likeness (QED) is 0.287. The maximum Gasteiger partial charge on any atom is 0.432 e. The van der Waals surface area contributed by atoms with Crippen LogP contribution in [0, 0.1) is 5.82 Å². The Bertz CT molecular complexity index is 1390. The summed E-state index contributed by atoms with van der Waals surface area (Å²) in [5.41, 5.74) is 0.911. The van der Waals surface area contributed by atoms with Gasteiger partial charge >= 0.3 is 6.18 Å². The fourth-order valence-electron chi connectivity index (χ4n) is 3.94. The van der Waals surface area contributed by atoms with Crippen LogP contribution in [0.15, 0.2) is 90.0 Å². The highest BCUT2D eigenvalue weighted by Gasteiger charge is 2.39. The Hall–Kier alpha value is -3.39. The lowest BCUT2D eigenvalue weighted by molar-refractivity contribution is -0.143. The third-order valence-corrected chi connectivity index (χ3v) is 6.69. The average Bonchev–Trinajstić information content (AvgIpc) is 3.18. The number of rotatable bonds is 6. The number of aromatic nitrogens is 1. The number of hydrogen-bond donors (Lipinski definition) is 0. The monoisotopic (exact) mass is 487 g/mol. The van der Waals surface area contributed by atoms with Gasteiger partial charge in [-0.2, -0.15) is 13.2 Å². The zero-order chi connectivity index (χ0) is 24.5. The minimum absolute atomic E-state index is 0.0686. The predicted octanol–water partition coefficient (Wildman–Crippen LogP) is 6.63. The zero-order valence-corrected chi connectivity index (χ0v) is 19.0. The van der Waals surface area contributed by atoms with Gasteiger partial charge in [0.25, 0.3) is 0 Å². The smallest absolute Gasteiger partial charge is 0.342 e. The van der Waals surface area contributed by atoms with Gasteiger partial charge < -0.3 is 4.57 Å². The van der Waals surface area contributed by atoms with Gasteiger partial charge in [-0.05, 0) is 47.4 Å². The second-order valence-electron chi connectivity index (χ2n) is 8.00. The molecule has 0 aliphatic heterocycles. The molecule has 0 saturated carbocycles. The van der Waals surface area contributed by atoms with Gasteiger partial charge in [-0.1, -0.05) is 54.6 Å². The van der Waals surface area contributed by atoms with E-state index in [4.69, 9.17) is 0 Å². The second kappa shape index (κ2) is 9.10. The number of alkyl halides is 3.